The summed E-state index contributed by atoms with van der Waals surface area (Å²) in [6, 6.07) is 8.97. The molecule has 1 fully saturated rings. The standard InChI is InChI=1S/C19H21FN4O2/c20-16-3-5-17(6-4-16)23-19(26)24-10-7-14(8-11-24)12-22-18(25)15-2-1-9-21-13-15/h1-6,9,13-14H,7-8,10-12H2,(H,22,25)(H,23,26). The van der Waals surface area contributed by atoms with Gasteiger partial charge in [0.05, 0.1) is 5.56 Å². The number of nitrogens with one attached hydrogen (secondary N) is 2. The van der Waals surface area contributed by atoms with Crippen LogP contribution in [0.15, 0.2) is 48.8 Å². The molecule has 3 rings (SSSR count). The highest BCUT2D eigenvalue weighted by atomic mass is 19.1. The summed E-state index contributed by atoms with van der Waals surface area (Å²) in [6.45, 7) is 1.84. The smallest absolute Gasteiger partial charge is 0.321 e. The fourth-order valence-electron chi connectivity index (χ4n) is 2.91. The molecule has 7 heteroatoms. The average Bonchev–Trinajstić information content (AvgIpc) is 2.69. The number of amides is 3. The Kier molecular flexibility index (Phi) is 5.78. The molecule has 1 aliphatic rings. The zero-order valence-electron chi connectivity index (χ0n) is 14.3. The molecule has 2 aromatic rings. The van der Waals surface area contributed by atoms with Crippen LogP contribution in [-0.4, -0.2) is 41.5 Å². The van der Waals surface area contributed by atoms with Gasteiger partial charge in [-0.25, -0.2) is 9.18 Å². The minimum absolute atomic E-state index is 0.130. The highest BCUT2D eigenvalue weighted by Gasteiger charge is 2.23. The van der Waals surface area contributed by atoms with Crippen molar-refractivity contribution in [1.82, 2.24) is 15.2 Å². The fraction of sp³-hybridized carbons (Fsp3) is 0.316. The molecule has 3 amide bonds. The molecule has 0 aliphatic carbocycles. The molecule has 6 nitrogen and oxygen atoms in total. The second-order valence-electron chi connectivity index (χ2n) is 6.32. The fourth-order valence-corrected chi connectivity index (χ4v) is 2.91. The lowest BCUT2D eigenvalue weighted by atomic mass is 9.97. The first-order chi connectivity index (χ1) is 12.6. The largest absolute Gasteiger partial charge is 0.352 e. The Labute approximate surface area is 151 Å². The summed E-state index contributed by atoms with van der Waals surface area (Å²) in [5, 5.41) is 5.69. The Morgan fingerprint density at radius 1 is 1.15 bits per heavy atom. The van der Waals surface area contributed by atoms with Crippen LogP contribution in [0.2, 0.25) is 0 Å². The lowest BCUT2D eigenvalue weighted by Gasteiger charge is -2.32. The second kappa shape index (κ2) is 8.42. The molecular weight excluding hydrogens is 335 g/mol. The molecule has 26 heavy (non-hydrogen) atoms. The molecule has 0 spiro atoms. The van der Waals surface area contributed by atoms with Gasteiger partial charge < -0.3 is 15.5 Å². The normalized spacial score (nSPS) is 14.7. The van der Waals surface area contributed by atoms with Gasteiger partial charge in [0.15, 0.2) is 0 Å². The van der Waals surface area contributed by atoms with Gasteiger partial charge in [0.2, 0.25) is 0 Å². The molecule has 0 unspecified atom stereocenters. The number of carbonyl (C=O) groups excluding carboxylic acids is 2. The van der Waals surface area contributed by atoms with E-state index >= 15 is 0 Å². The number of piperidine rings is 1. The van der Waals surface area contributed by atoms with Gasteiger partial charge in [0, 0.05) is 37.7 Å². The van der Waals surface area contributed by atoms with Crippen LogP contribution in [0.25, 0.3) is 0 Å². The molecule has 1 aromatic heterocycles. The third kappa shape index (κ3) is 4.78. The van der Waals surface area contributed by atoms with Crippen molar-refractivity contribution in [2.45, 2.75) is 12.8 Å². The van der Waals surface area contributed by atoms with Crippen molar-refractivity contribution in [2.75, 3.05) is 25.0 Å². The molecule has 136 valence electrons. The van der Waals surface area contributed by atoms with Gasteiger partial charge >= 0.3 is 6.03 Å². The quantitative estimate of drug-likeness (QED) is 0.885. The van der Waals surface area contributed by atoms with Crippen molar-refractivity contribution >= 4 is 17.6 Å². The molecule has 0 radical (unpaired) electrons. The van der Waals surface area contributed by atoms with Crippen LogP contribution in [-0.2, 0) is 0 Å². The van der Waals surface area contributed by atoms with Crippen molar-refractivity contribution in [1.29, 1.82) is 0 Å². The van der Waals surface area contributed by atoms with E-state index in [9.17, 15) is 14.0 Å². The Balaban J connectivity index is 1.41. The first kappa shape index (κ1) is 17.8. The maximum atomic E-state index is 12.9. The minimum Gasteiger partial charge on any atom is -0.352 e. The van der Waals surface area contributed by atoms with E-state index in [0.29, 0.717) is 36.8 Å². The number of hydrogen-bond acceptors (Lipinski definition) is 3. The van der Waals surface area contributed by atoms with Gasteiger partial charge in [0.1, 0.15) is 5.82 Å². The molecule has 2 heterocycles. The predicted octanol–water partition coefficient (Wildman–Crippen LogP) is 2.89. The van der Waals surface area contributed by atoms with Crippen LogP contribution in [0.3, 0.4) is 0 Å². The molecule has 1 aromatic carbocycles. The Bertz CT molecular complexity index is 744. The monoisotopic (exact) mass is 356 g/mol. The SMILES string of the molecule is O=C(NCC1CCN(C(=O)Nc2ccc(F)cc2)CC1)c1cccnc1. The van der Waals surface area contributed by atoms with E-state index in [4.69, 9.17) is 0 Å². The minimum atomic E-state index is -0.336. The first-order valence-corrected chi connectivity index (χ1v) is 8.61. The topological polar surface area (TPSA) is 74.3 Å². The lowest BCUT2D eigenvalue weighted by Crippen LogP contribution is -2.43. The van der Waals surface area contributed by atoms with Gasteiger partial charge in [0.25, 0.3) is 5.91 Å². The highest BCUT2D eigenvalue weighted by molar-refractivity contribution is 5.93. The predicted molar refractivity (Wildman–Crippen MR) is 96.3 cm³/mol. The number of anilines is 1. The number of benzene rings is 1. The summed E-state index contributed by atoms with van der Waals surface area (Å²) in [5.74, 6) is -0.128. The van der Waals surface area contributed by atoms with Crippen molar-refractivity contribution in [2.24, 2.45) is 5.92 Å². The van der Waals surface area contributed by atoms with Gasteiger partial charge in [-0.2, -0.15) is 0 Å². The van der Waals surface area contributed by atoms with Crippen LogP contribution in [0.1, 0.15) is 23.2 Å². The van der Waals surface area contributed by atoms with E-state index in [0.717, 1.165) is 12.8 Å². The lowest BCUT2D eigenvalue weighted by molar-refractivity contribution is 0.0938. The zero-order valence-corrected chi connectivity index (χ0v) is 14.3. The third-order valence-electron chi connectivity index (χ3n) is 4.47. The van der Waals surface area contributed by atoms with Crippen molar-refractivity contribution < 1.29 is 14.0 Å². The molecule has 0 atom stereocenters. The maximum Gasteiger partial charge on any atom is 0.321 e. The van der Waals surface area contributed by atoms with Crippen molar-refractivity contribution in [3.63, 3.8) is 0 Å². The van der Waals surface area contributed by atoms with Crippen LogP contribution in [0.5, 0.6) is 0 Å². The Hall–Kier alpha value is -2.96. The van der Waals surface area contributed by atoms with Gasteiger partial charge in [-0.1, -0.05) is 0 Å². The number of rotatable bonds is 4. The van der Waals surface area contributed by atoms with Crippen LogP contribution in [0, 0.1) is 11.7 Å². The molecule has 1 aliphatic heterocycles. The summed E-state index contributed by atoms with van der Waals surface area (Å²) in [7, 11) is 0. The van der Waals surface area contributed by atoms with Crippen molar-refractivity contribution in [3.8, 4) is 0 Å². The molecular formula is C19H21FN4O2. The number of hydrogen-bond donors (Lipinski definition) is 2. The third-order valence-corrected chi connectivity index (χ3v) is 4.47. The number of likely N-dealkylation sites (tertiary alicyclic amines) is 1. The zero-order chi connectivity index (χ0) is 18.4. The van der Waals surface area contributed by atoms with Gasteiger partial charge in [-0.15, -0.1) is 0 Å². The van der Waals surface area contributed by atoms with Crippen molar-refractivity contribution in [3.05, 3.63) is 60.2 Å². The van der Waals surface area contributed by atoms with Crippen LogP contribution < -0.4 is 10.6 Å². The number of nitrogens with zero attached hydrogens (tertiary/aromatic N) is 2. The number of urea groups is 1. The molecule has 1 saturated heterocycles. The highest BCUT2D eigenvalue weighted by Crippen LogP contribution is 2.18. The van der Waals surface area contributed by atoms with E-state index in [1.165, 1.54) is 30.5 Å². The van der Waals surface area contributed by atoms with E-state index in [2.05, 4.69) is 15.6 Å². The summed E-state index contributed by atoms with van der Waals surface area (Å²) >= 11 is 0. The average molecular weight is 356 g/mol. The molecule has 0 bridgehead atoms. The first-order valence-electron chi connectivity index (χ1n) is 8.61. The van der Waals surface area contributed by atoms with Crippen LogP contribution >= 0.6 is 0 Å². The summed E-state index contributed by atoms with van der Waals surface area (Å²) in [4.78, 5) is 30.0. The summed E-state index contributed by atoms with van der Waals surface area (Å²) < 4.78 is 12.9. The van der Waals surface area contributed by atoms with Gasteiger partial charge in [-0.3, -0.25) is 9.78 Å². The Morgan fingerprint density at radius 3 is 2.54 bits per heavy atom. The van der Waals surface area contributed by atoms with E-state index < -0.39 is 0 Å². The van der Waals surface area contributed by atoms with E-state index in [1.807, 2.05) is 0 Å². The van der Waals surface area contributed by atoms with Crippen LogP contribution in [0.4, 0.5) is 14.9 Å². The second-order valence-corrected chi connectivity index (χ2v) is 6.32. The summed E-state index contributed by atoms with van der Waals surface area (Å²) in [5.41, 5.74) is 1.12. The Morgan fingerprint density at radius 2 is 1.88 bits per heavy atom. The molecule has 0 saturated carbocycles. The van der Waals surface area contributed by atoms with Gasteiger partial charge in [-0.05, 0) is 55.2 Å². The number of carbonyl (C=O) groups is 2. The number of pyridine rings is 1. The maximum absolute atomic E-state index is 12.9. The number of aromatic nitrogens is 1. The molecule has 2 N–H and O–H groups in total. The number of halogens is 1. The van der Waals surface area contributed by atoms with E-state index in [-0.39, 0.29) is 17.8 Å². The van der Waals surface area contributed by atoms with E-state index in [1.54, 1.807) is 23.2 Å². The summed E-state index contributed by atoms with van der Waals surface area (Å²) in [6.07, 6.45) is 4.82.